The monoisotopic (exact) mass is 223 g/mol. The minimum absolute atomic E-state index is 0.00632. The third kappa shape index (κ3) is 1.68. The number of hydrogen-bond acceptors (Lipinski definition) is 2. The van der Waals surface area contributed by atoms with Gasteiger partial charge in [-0.05, 0) is 29.5 Å². The van der Waals surface area contributed by atoms with Gasteiger partial charge in [0, 0.05) is 10.6 Å². The van der Waals surface area contributed by atoms with Crippen LogP contribution in [0.15, 0.2) is 18.2 Å². The average Bonchev–Trinajstić information content (AvgIpc) is 2.13. The van der Waals surface area contributed by atoms with Crippen LogP contribution in [-0.4, -0.2) is 11.8 Å². The Kier molecular flexibility index (Phi) is 2.36. The molecule has 80 valence electrons. The van der Waals surface area contributed by atoms with E-state index in [9.17, 15) is 4.79 Å². The van der Waals surface area contributed by atoms with Crippen molar-refractivity contribution in [3.05, 3.63) is 34.3 Å². The Morgan fingerprint density at radius 3 is 2.80 bits per heavy atom. The predicted molar refractivity (Wildman–Crippen MR) is 61.4 cm³/mol. The second kappa shape index (κ2) is 3.32. The minimum atomic E-state index is -0.397. The van der Waals surface area contributed by atoms with E-state index in [1.807, 2.05) is 12.1 Å². The van der Waals surface area contributed by atoms with E-state index in [0.29, 0.717) is 17.0 Å². The largest absolute Gasteiger partial charge is 0.321 e. The van der Waals surface area contributed by atoms with Crippen LogP contribution in [0.3, 0.4) is 0 Å². The molecule has 0 spiro atoms. The highest BCUT2D eigenvalue weighted by Gasteiger charge is 2.36. The molecule has 0 heterocycles. The quantitative estimate of drug-likeness (QED) is 0.735. The van der Waals surface area contributed by atoms with Gasteiger partial charge in [-0.15, -0.1) is 0 Å². The fraction of sp³-hybridized carbons (Fsp3) is 0.417. The van der Waals surface area contributed by atoms with Crippen molar-refractivity contribution in [3.63, 3.8) is 0 Å². The van der Waals surface area contributed by atoms with Gasteiger partial charge in [-0.3, -0.25) is 4.79 Å². The SMILES string of the molecule is CC1(C)CC(N)C(=O)c2cc(Cl)ccc21. The zero-order chi connectivity index (χ0) is 11.2. The van der Waals surface area contributed by atoms with Crippen LogP contribution >= 0.6 is 11.6 Å². The van der Waals surface area contributed by atoms with Crippen molar-refractivity contribution in [1.29, 1.82) is 0 Å². The van der Waals surface area contributed by atoms with Crippen molar-refractivity contribution in [2.24, 2.45) is 5.73 Å². The number of ketones is 1. The molecule has 1 aromatic carbocycles. The van der Waals surface area contributed by atoms with Gasteiger partial charge in [0.15, 0.2) is 5.78 Å². The number of benzene rings is 1. The van der Waals surface area contributed by atoms with Gasteiger partial charge in [-0.25, -0.2) is 0 Å². The number of nitrogens with two attached hydrogens (primary N) is 1. The van der Waals surface area contributed by atoms with E-state index in [2.05, 4.69) is 13.8 Å². The van der Waals surface area contributed by atoms with Crippen LogP contribution in [-0.2, 0) is 5.41 Å². The summed E-state index contributed by atoms with van der Waals surface area (Å²) < 4.78 is 0. The van der Waals surface area contributed by atoms with Gasteiger partial charge >= 0.3 is 0 Å². The first kappa shape index (κ1) is 10.7. The van der Waals surface area contributed by atoms with Crippen LogP contribution in [0.25, 0.3) is 0 Å². The zero-order valence-electron chi connectivity index (χ0n) is 8.88. The normalized spacial score (nSPS) is 23.7. The van der Waals surface area contributed by atoms with Crippen LogP contribution in [0.5, 0.6) is 0 Å². The highest BCUT2D eigenvalue weighted by atomic mass is 35.5. The molecule has 0 aromatic heterocycles. The van der Waals surface area contributed by atoms with Crippen molar-refractivity contribution in [3.8, 4) is 0 Å². The lowest BCUT2D eigenvalue weighted by Crippen LogP contribution is -2.42. The van der Waals surface area contributed by atoms with Gasteiger partial charge in [0.05, 0.1) is 6.04 Å². The summed E-state index contributed by atoms with van der Waals surface area (Å²) in [6.45, 7) is 4.21. The minimum Gasteiger partial charge on any atom is -0.321 e. The zero-order valence-corrected chi connectivity index (χ0v) is 9.64. The number of fused-ring (bicyclic) bond motifs is 1. The number of carbonyl (C=O) groups is 1. The molecule has 0 aliphatic heterocycles. The Morgan fingerprint density at radius 2 is 2.13 bits per heavy atom. The number of halogens is 1. The van der Waals surface area contributed by atoms with Crippen molar-refractivity contribution >= 4 is 17.4 Å². The van der Waals surface area contributed by atoms with Crippen LogP contribution in [0, 0.1) is 0 Å². The van der Waals surface area contributed by atoms with Crippen LogP contribution < -0.4 is 5.73 Å². The number of Topliss-reactive ketones (excluding diaryl/α,β-unsaturated/α-hetero) is 1. The van der Waals surface area contributed by atoms with Gasteiger partial charge in [0.2, 0.25) is 0 Å². The molecule has 0 bridgehead atoms. The van der Waals surface area contributed by atoms with Gasteiger partial charge in [-0.2, -0.15) is 0 Å². The summed E-state index contributed by atoms with van der Waals surface area (Å²) >= 11 is 5.89. The topological polar surface area (TPSA) is 43.1 Å². The fourth-order valence-electron chi connectivity index (χ4n) is 2.26. The molecule has 0 fully saturated rings. The summed E-state index contributed by atoms with van der Waals surface area (Å²) in [5.74, 6) is 0.00632. The molecule has 0 saturated carbocycles. The molecule has 0 saturated heterocycles. The maximum atomic E-state index is 11.9. The molecular formula is C12H14ClNO. The van der Waals surface area contributed by atoms with Crippen molar-refractivity contribution in [2.75, 3.05) is 0 Å². The summed E-state index contributed by atoms with van der Waals surface area (Å²) in [5, 5.41) is 0.590. The summed E-state index contributed by atoms with van der Waals surface area (Å²) in [7, 11) is 0. The average molecular weight is 224 g/mol. The molecule has 1 unspecified atom stereocenters. The number of hydrogen-bond donors (Lipinski definition) is 1. The number of rotatable bonds is 0. The van der Waals surface area contributed by atoms with Gasteiger partial charge in [0.1, 0.15) is 0 Å². The maximum absolute atomic E-state index is 11.9. The predicted octanol–water partition coefficient (Wildman–Crippen LogP) is 2.53. The third-order valence-electron chi connectivity index (χ3n) is 3.04. The van der Waals surface area contributed by atoms with Crippen molar-refractivity contribution in [1.82, 2.24) is 0 Å². The molecule has 3 heteroatoms. The van der Waals surface area contributed by atoms with Crippen molar-refractivity contribution in [2.45, 2.75) is 31.7 Å². The van der Waals surface area contributed by atoms with Gasteiger partial charge in [-0.1, -0.05) is 31.5 Å². The molecule has 1 aromatic rings. The standard InChI is InChI=1S/C12H14ClNO/c1-12(2)6-10(14)11(15)8-5-7(13)3-4-9(8)12/h3-5,10H,6,14H2,1-2H3. The molecule has 15 heavy (non-hydrogen) atoms. The molecular weight excluding hydrogens is 210 g/mol. The number of carbonyl (C=O) groups excluding carboxylic acids is 1. The first-order chi connectivity index (χ1) is 6.92. The molecule has 0 radical (unpaired) electrons. The summed E-state index contributed by atoms with van der Waals surface area (Å²) in [4.78, 5) is 11.9. The fourth-order valence-corrected chi connectivity index (χ4v) is 2.43. The molecule has 2 N–H and O–H groups in total. The smallest absolute Gasteiger partial charge is 0.179 e. The summed E-state index contributed by atoms with van der Waals surface area (Å²) in [6.07, 6.45) is 0.695. The van der Waals surface area contributed by atoms with Gasteiger partial charge in [0.25, 0.3) is 0 Å². The van der Waals surface area contributed by atoms with E-state index >= 15 is 0 Å². The first-order valence-corrected chi connectivity index (χ1v) is 5.39. The molecule has 2 nitrogen and oxygen atoms in total. The molecule has 2 rings (SSSR count). The Balaban J connectivity index is 2.64. The van der Waals surface area contributed by atoms with E-state index in [0.717, 1.165) is 5.56 Å². The van der Waals surface area contributed by atoms with Crippen LogP contribution in [0.2, 0.25) is 5.02 Å². The second-order valence-corrected chi connectivity index (χ2v) is 5.19. The van der Waals surface area contributed by atoms with E-state index in [-0.39, 0.29) is 11.2 Å². The van der Waals surface area contributed by atoms with E-state index < -0.39 is 6.04 Å². The van der Waals surface area contributed by atoms with Crippen molar-refractivity contribution < 1.29 is 4.79 Å². The Bertz CT molecular complexity index is 426. The molecule has 1 atom stereocenters. The third-order valence-corrected chi connectivity index (χ3v) is 3.28. The Morgan fingerprint density at radius 1 is 1.47 bits per heavy atom. The van der Waals surface area contributed by atoms with Crippen LogP contribution in [0.1, 0.15) is 36.2 Å². The van der Waals surface area contributed by atoms with E-state index in [1.54, 1.807) is 6.07 Å². The Labute approximate surface area is 94.4 Å². The summed E-state index contributed by atoms with van der Waals surface area (Å²) in [6, 6.07) is 5.08. The highest BCUT2D eigenvalue weighted by molar-refractivity contribution is 6.31. The first-order valence-electron chi connectivity index (χ1n) is 5.01. The summed E-state index contributed by atoms with van der Waals surface area (Å²) in [5.41, 5.74) is 7.52. The lowest BCUT2D eigenvalue weighted by Gasteiger charge is -2.34. The lowest BCUT2D eigenvalue weighted by atomic mass is 9.70. The van der Waals surface area contributed by atoms with E-state index in [4.69, 9.17) is 17.3 Å². The molecule has 1 aliphatic rings. The molecule has 0 amide bonds. The van der Waals surface area contributed by atoms with Gasteiger partial charge < -0.3 is 5.73 Å². The lowest BCUT2D eigenvalue weighted by molar-refractivity contribution is 0.0929. The Hall–Kier alpha value is -0.860. The second-order valence-electron chi connectivity index (χ2n) is 4.75. The maximum Gasteiger partial charge on any atom is 0.179 e. The highest BCUT2D eigenvalue weighted by Crippen LogP contribution is 2.37. The molecule has 1 aliphatic carbocycles. The van der Waals surface area contributed by atoms with Crippen LogP contribution in [0.4, 0.5) is 0 Å². The van der Waals surface area contributed by atoms with E-state index in [1.165, 1.54) is 0 Å².